The minimum absolute atomic E-state index is 0.0530. The quantitative estimate of drug-likeness (QED) is 0.459. The molecule has 3 heterocycles. The second kappa shape index (κ2) is 8.05. The number of nitrogens with zero attached hydrogens (tertiary/aromatic N) is 2. The van der Waals surface area contributed by atoms with Crippen molar-refractivity contribution in [2.24, 2.45) is 0 Å². The van der Waals surface area contributed by atoms with Gasteiger partial charge < -0.3 is 18.8 Å². The number of amides is 1. The van der Waals surface area contributed by atoms with Gasteiger partial charge in [0.1, 0.15) is 11.4 Å². The molecular weight excluding hydrogens is 427 g/mol. The van der Waals surface area contributed by atoms with Gasteiger partial charge in [0.25, 0.3) is 5.91 Å². The fourth-order valence-corrected chi connectivity index (χ4v) is 4.21. The van der Waals surface area contributed by atoms with Crippen molar-refractivity contribution >= 4 is 16.9 Å². The van der Waals surface area contributed by atoms with Crippen LogP contribution in [0, 0.1) is 5.82 Å². The molecule has 1 atom stereocenters. The normalized spacial score (nSPS) is 15.1. The highest BCUT2D eigenvalue weighted by Crippen LogP contribution is 2.41. The predicted octanol–water partition coefficient (Wildman–Crippen LogP) is 4.09. The molecule has 0 N–H and O–H groups in total. The Kier molecular flexibility index (Phi) is 5.05. The van der Waals surface area contributed by atoms with Crippen LogP contribution in [-0.4, -0.2) is 30.0 Å². The van der Waals surface area contributed by atoms with Crippen LogP contribution in [0.3, 0.4) is 0 Å². The van der Waals surface area contributed by atoms with Crippen LogP contribution < -0.4 is 14.9 Å². The average molecular weight is 446 g/mol. The number of ether oxygens (including phenoxy) is 2. The molecule has 0 radical (unpaired) electrons. The molecule has 5 rings (SSSR count). The van der Waals surface area contributed by atoms with Crippen LogP contribution in [-0.2, 0) is 6.54 Å². The van der Waals surface area contributed by atoms with E-state index in [2.05, 4.69) is 4.98 Å². The topological polar surface area (TPSA) is 81.9 Å². The number of carbonyl (C=O) groups is 1. The zero-order chi connectivity index (χ0) is 23.1. The second-order valence-corrected chi connectivity index (χ2v) is 7.63. The van der Waals surface area contributed by atoms with E-state index in [0.29, 0.717) is 17.1 Å². The Hall–Kier alpha value is -4.20. The van der Waals surface area contributed by atoms with Gasteiger partial charge in [0.15, 0.2) is 16.9 Å². The van der Waals surface area contributed by atoms with Crippen molar-refractivity contribution in [1.82, 2.24) is 9.88 Å². The number of carbonyl (C=O) groups excluding carboxylic acids is 1. The smallest absolute Gasteiger partial charge is 0.291 e. The molecule has 1 aliphatic rings. The molecule has 1 aliphatic heterocycles. The molecular formula is C25H19FN2O5. The van der Waals surface area contributed by atoms with Gasteiger partial charge in [-0.25, -0.2) is 4.39 Å². The van der Waals surface area contributed by atoms with Crippen molar-refractivity contribution in [2.45, 2.75) is 12.6 Å². The number of hydrogen-bond acceptors (Lipinski definition) is 6. The van der Waals surface area contributed by atoms with Crippen molar-refractivity contribution in [3.05, 3.63) is 99.4 Å². The van der Waals surface area contributed by atoms with E-state index in [9.17, 15) is 14.0 Å². The lowest BCUT2D eigenvalue weighted by molar-refractivity contribution is 0.0714. The maximum absolute atomic E-state index is 13.9. The maximum atomic E-state index is 13.9. The Labute approximate surface area is 188 Å². The monoisotopic (exact) mass is 446 g/mol. The summed E-state index contributed by atoms with van der Waals surface area (Å²) in [5, 5.41) is 0.0789. The van der Waals surface area contributed by atoms with Crippen LogP contribution in [0.4, 0.5) is 4.39 Å². The summed E-state index contributed by atoms with van der Waals surface area (Å²) >= 11 is 0. The van der Waals surface area contributed by atoms with E-state index >= 15 is 0 Å². The van der Waals surface area contributed by atoms with Gasteiger partial charge in [-0.2, -0.15) is 0 Å². The molecule has 2 aromatic carbocycles. The molecule has 4 aromatic rings. The van der Waals surface area contributed by atoms with Gasteiger partial charge >= 0.3 is 0 Å². The highest BCUT2D eigenvalue weighted by molar-refractivity contribution is 5.99. The van der Waals surface area contributed by atoms with Crippen LogP contribution in [0.2, 0.25) is 0 Å². The molecule has 0 saturated heterocycles. The number of aromatic nitrogens is 1. The van der Waals surface area contributed by atoms with Crippen LogP contribution >= 0.6 is 0 Å². The molecule has 8 heteroatoms. The number of methoxy groups -OCH3 is 2. The molecule has 33 heavy (non-hydrogen) atoms. The summed E-state index contributed by atoms with van der Waals surface area (Å²) in [5.41, 5.74) is 1.28. The highest BCUT2D eigenvalue weighted by atomic mass is 19.1. The first-order chi connectivity index (χ1) is 16.0. The lowest BCUT2D eigenvalue weighted by Crippen LogP contribution is -2.29. The van der Waals surface area contributed by atoms with Gasteiger partial charge in [0.2, 0.25) is 5.76 Å². The van der Waals surface area contributed by atoms with Crippen LogP contribution in [0.25, 0.3) is 11.0 Å². The molecule has 0 aliphatic carbocycles. The zero-order valence-electron chi connectivity index (χ0n) is 17.9. The van der Waals surface area contributed by atoms with E-state index in [1.54, 1.807) is 41.6 Å². The van der Waals surface area contributed by atoms with Crippen molar-refractivity contribution in [3.63, 3.8) is 0 Å². The molecule has 0 bridgehead atoms. The number of rotatable bonds is 5. The maximum Gasteiger partial charge on any atom is 0.291 e. The Morgan fingerprint density at radius 1 is 1.06 bits per heavy atom. The van der Waals surface area contributed by atoms with Gasteiger partial charge in [-0.1, -0.05) is 12.1 Å². The summed E-state index contributed by atoms with van der Waals surface area (Å²) in [7, 11) is 3.03. The number of benzene rings is 2. The third-order valence-corrected chi connectivity index (χ3v) is 5.73. The summed E-state index contributed by atoms with van der Waals surface area (Å²) in [6, 6.07) is 11.7. The van der Waals surface area contributed by atoms with E-state index in [0.717, 1.165) is 11.6 Å². The molecule has 1 amide bonds. The Balaban J connectivity index is 1.74. The lowest BCUT2D eigenvalue weighted by atomic mass is 9.98. The number of hydrogen-bond donors (Lipinski definition) is 0. The van der Waals surface area contributed by atoms with E-state index < -0.39 is 23.2 Å². The summed E-state index contributed by atoms with van der Waals surface area (Å²) in [6.45, 7) is 0.194. The highest BCUT2D eigenvalue weighted by Gasteiger charge is 2.43. The molecule has 1 unspecified atom stereocenters. The molecule has 7 nitrogen and oxygen atoms in total. The number of pyridine rings is 1. The third-order valence-electron chi connectivity index (χ3n) is 5.73. The molecule has 0 saturated carbocycles. The predicted molar refractivity (Wildman–Crippen MR) is 118 cm³/mol. The summed E-state index contributed by atoms with van der Waals surface area (Å²) < 4.78 is 30.5. The van der Waals surface area contributed by atoms with Crippen molar-refractivity contribution in [1.29, 1.82) is 0 Å². The molecule has 2 aromatic heterocycles. The van der Waals surface area contributed by atoms with Crippen molar-refractivity contribution < 1.29 is 23.1 Å². The van der Waals surface area contributed by atoms with Crippen LogP contribution in [0.1, 0.15) is 33.3 Å². The van der Waals surface area contributed by atoms with E-state index in [1.165, 1.54) is 26.4 Å². The zero-order valence-corrected chi connectivity index (χ0v) is 17.9. The first-order valence-electron chi connectivity index (χ1n) is 10.2. The lowest BCUT2D eigenvalue weighted by Gasteiger charge is -2.25. The van der Waals surface area contributed by atoms with Gasteiger partial charge in [0.05, 0.1) is 31.2 Å². The SMILES string of the molecule is COc1ccc(C2c3c(oc4ccc(F)cc4c3=O)C(=O)N2Cc2cccnc2)cc1OC. The van der Waals surface area contributed by atoms with Gasteiger partial charge in [-0.05, 0) is 47.5 Å². The fraction of sp³-hybridized carbons (Fsp3) is 0.160. The summed E-state index contributed by atoms with van der Waals surface area (Å²) in [6.07, 6.45) is 3.30. The van der Waals surface area contributed by atoms with Crippen LogP contribution in [0.5, 0.6) is 11.5 Å². The Morgan fingerprint density at radius 3 is 2.61 bits per heavy atom. The van der Waals surface area contributed by atoms with Gasteiger partial charge in [-0.15, -0.1) is 0 Å². The van der Waals surface area contributed by atoms with E-state index in [4.69, 9.17) is 13.9 Å². The minimum atomic E-state index is -0.767. The van der Waals surface area contributed by atoms with E-state index in [-0.39, 0.29) is 28.8 Å². The third kappa shape index (κ3) is 3.40. The van der Waals surface area contributed by atoms with Gasteiger partial charge in [0, 0.05) is 18.9 Å². The largest absolute Gasteiger partial charge is 0.493 e. The minimum Gasteiger partial charge on any atom is -0.493 e. The van der Waals surface area contributed by atoms with Gasteiger partial charge in [-0.3, -0.25) is 14.6 Å². The molecule has 166 valence electrons. The first-order valence-corrected chi connectivity index (χ1v) is 10.2. The standard InChI is InChI=1S/C25H19FN2O5/c1-31-19-7-5-15(10-20(19)32-2)22-21-23(29)17-11-16(26)6-8-18(17)33-24(21)25(30)28(22)13-14-4-3-9-27-12-14/h3-12,22H,13H2,1-2H3. The number of halogens is 1. The first kappa shape index (κ1) is 20.7. The Morgan fingerprint density at radius 2 is 1.88 bits per heavy atom. The van der Waals surface area contributed by atoms with Crippen molar-refractivity contribution in [2.75, 3.05) is 14.2 Å². The second-order valence-electron chi connectivity index (χ2n) is 7.63. The summed E-state index contributed by atoms with van der Waals surface area (Å²) in [4.78, 5) is 32.6. The van der Waals surface area contributed by atoms with Crippen LogP contribution in [0.15, 0.2) is 70.1 Å². The fourth-order valence-electron chi connectivity index (χ4n) is 4.21. The average Bonchev–Trinajstić information content (AvgIpc) is 3.11. The Bertz CT molecular complexity index is 1430. The number of fused-ring (bicyclic) bond motifs is 2. The molecule has 0 fully saturated rings. The summed E-state index contributed by atoms with van der Waals surface area (Å²) in [5.74, 6) is -0.0839. The van der Waals surface area contributed by atoms with E-state index in [1.807, 2.05) is 6.07 Å². The molecule has 0 spiro atoms. The van der Waals surface area contributed by atoms with Crippen molar-refractivity contribution in [3.8, 4) is 11.5 Å².